The van der Waals surface area contributed by atoms with Crippen molar-refractivity contribution in [3.05, 3.63) is 95.1 Å². The van der Waals surface area contributed by atoms with E-state index in [9.17, 15) is 10.2 Å². The van der Waals surface area contributed by atoms with E-state index in [0.717, 1.165) is 22.3 Å². The van der Waals surface area contributed by atoms with Crippen LogP contribution in [0.5, 0.6) is 11.5 Å². The van der Waals surface area contributed by atoms with E-state index in [2.05, 4.69) is 0 Å². The van der Waals surface area contributed by atoms with E-state index in [1.165, 1.54) is 0 Å². The molecule has 0 spiro atoms. The molecule has 0 fully saturated rings. The summed E-state index contributed by atoms with van der Waals surface area (Å²) in [5, 5.41) is 19.3. The molecule has 3 aromatic carbocycles. The topological polar surface area (TPSA) is 78.8 Å². The fraction of sp³-hybridized carbons (Fsp3) is 0.0500. The van der Waals surface area contributed by atoms with E-state index in [1.54, 1.807) is 24.3 Å². The summed E-state index contributed by atoms with van der Waals surface area (Å²) in [7, 11) is 0. The molecule has 1 aliphatic heterocycles. The van der Waals surface area contributed by atoms with Crippen LogP contribution in [-0.4, -0.2) is 16.0 Å². The Bertz CT molecular complexity index is 883. The van der Waals surface area contributed by atoms with Crippen LogP contribution in [0.15, 0.2) is 77.8 Å². The SMILES string of the molecule is NC1=NC(c2ccc(O)cc2)(c2ccc(O)cc2)c2ccccc21. The lowest BCUT2D eigenvalue weighted by Gasteiger charge is -2.29. The Morgan fingerprint density at radius 1 is 0.708 bits per heavy atom. The molecule has 0 saturated heterocycles. The third-order valence-corrected chi connectivity index (χ3v) is 4.45. The molecular weight excluding hydrogens is 300 g/mol. The van der Waals surface area contributed by atoms with Crippen molar-refractivity contribution in [3.8, 4) is 11.5 Å². The summed E-state index contributed by atoms with van der Waals surface area (Å²) in [5.74, 6) is 0.873. The summed E-state index contributed by atoms with van der Waals surface area (Å²) < 4.78 is 0. The van der Waals surface area contributed by atoms with Gasteiger partial charge in [0.1, 0.15) is 22.9 Å². The van der Waals surface area contributed by atoms with E-state index in [-0.39, 0.29) is 11.5 Å². The van der Waals surface area contributed by atoms with Gasteiger partial charge < -0.3 is 15.9 Å². The van der Waals surface area contributed by atoms with Crippen molar-refractivity contribution in [1.29, 1.82) is 0 Å². The second kappa shape index (κ2) is 5.13. The molecule has 0 radical (unpaired) electrons. The van der Waals surface area contributed by atoms with Crippen molar-refractivity contribution in [2.24, 2.45) is 10.7 Å². The largest absolute Gasteiger partial charge is 0.508 e. The molecule has 0 amide bonds. The number of amidine groups is 1. The Morgan fingerprint density at radius 2 is 1.21 bits per heavy atom. The van der Waals surface area contributed by atoms with E-state index in [1.807, 2.05) is 48.5 Å². The molecule has 3 aromatic rings. The molecule has 118 valence electrons. The molecule has 0 aromatic heterocycles. The van der Waals surface area contributed by atoms with Crippen LogP contribution in [0, 0.1) is 0 Å². The zero-order valence-corrected chi connectivity index (χ0v) is 12.8. The highest BCUT2D eigenvalue weighted by Crippen LogP contribution is 2.46. The number of phenols is 2. The first kappa shape index (κ1) is 14.3. The van der Waals surface area contributed by atoms with Crippen LogP contribution in [0.1, 0.15) is 22.3 Å². The molecule has 4 N–H and O–H groups in total. The number of phenolic OH excluding ortho intramolecular Hbond substituents is 2. The quantitative estimate of drug-likeness (QED) is 0.679. The second-order valence-corrected chi connectivity index (χ2v) is 5.85. The Hall–Kier alpha value is -3.27. The fourth-order valence-electron chi connectivity index (χ4n) is 3.34. The lowest BCUT2D eigenvalue weighted by atomic mass is 9.77. The van der Waals surface area contributed by atoms with E-state index >= 15 is 0 Å². The number of fused-ring (bicyclic) bond motifs is 1. The van der Waals surface area contributed by atoms with Crippen LogP contribution < -0.4 is 5.73 Å². The molecule has 24 heavy (non-hydrogen) atoms. The van der Waals surface area contributed by atoms with Gasteiger partial charge in [-0.2, -0.15) is 0 Å². The molecule has 4 nitrogen and oxygen atoms in total. The zero-order valence-electron chi connectivity index (χ0n) is 12.8. The van der Waals surface area contributed by atoms with Crippen LogP contribution in [0.4, 0.5) is 0 Å². The Kier molecular flexibility index (Phi) is 3.06. The molecular formula is C20H16N2O2. The van der Waals surface area contributed by atoms with Gasteiger partial charge in [0.05, 0.1) is 0 Å². The van der Waals surface area contributed by atoms with Crippen molar-refractivity contribution < 1.29 is 10.2 Å². The van der Waals surface area contributed by atoms with Crippen LogP contribution in [0.3, 0.4) is 0 Å². The van der Waals surface area contributed by atoms with Crippen LogP contribution >= 0.6 is 0 Å². The normalized spacial score (nSPS) is 14.9. The molecule has 0 saturated carbocycles. The Labute approximate surface area is 139 Å². The second-order valence-electron chi connectivity index (χ2n) is 5.85. The lowest BCUT2D eigenvalue weighted by molar-refractivity contribution is 0.474. The van der Waals surface area contributed by atoms with Crippen molar-refractivity contribution in [2.45, 2.75) is 5.54 Å². The number of hydrogen-bond acceptors (Lipinski definition) is 4. The van der Waals surface area contributed by atoms with Crippen molar-refractivity contribution >= 4 is 5.84 Å². The lowest BCUT2D eigenvalue weighted by Crippen LogP contribution is -2.25. The minimum Gasteiger partial charge on any atom is -0.508 e. The summed E-state index contributed by atoms with van der Waals surface area (Å²) in [6, 6.07) is 21.8. The van der Waals surface area contributed by atoms with E-state index in [0.29, 0.717) is 5.84 Å². The average molecular weight is 316 g/mol. The van der Waals surface area contributed by atoms with Gasteiger partial charge in [-0.05, 0) is 41.0 Å². The maximum absolute atomic E-state index is 9.64. The van der Waals surface area contributed by atoms with E-state index in [4.69, 9.17) is 10.7 Å². The molecule has 1 heterocycles. The first-order valence-corrected chi connectivity index (χ1v) is 7.65. The first-order valence-electron chi connectivity index (χ1n) is 7.65. The maximum Gasteiger partial charge on any atom is 0.139 e. The van der Waals surface area contributed by atoms with Crippen molar-refractivity contribution in [2.75, 3.05) is 0 Å². The van der Waals surface area contributed by atoms with Gasteiger partial charge in [0.15, 0.2) is 0 Å². The van der Waals surface area contributed by atoms with Gasteiger partial charge in [-0.3, -0.25) is 0 Å². The van der Waals surface area contributed by atoms with Gasteiger partial charge in [-0.15, -0.1) is 0 Å². The highest BCUT2D eigenvalue weighted by molar-refractivity contribution is 6.03. The first-order chi connectivity index (χ1) is 11.6. The Morgan fingerprint density at radius 3 is 1.75 bits per heavy atom. The zero-order chi connectivity index (χ0) is 16.7. The monoisotopic (exact) mass is 316 g/mol. The van der Waals surface area contributed by atoms with Gasteiger partial charge >= 0.3 is 0 Å². The number of nitrogens with two attached hydrogens (primary N) is 1. The smallest absolute Gasteiger partial charge is 0.139 e. The molecule has 1 aliphatic rings. The minimum absolute atomic E-state index is 0.197. The third kappa shape index (κ3) is 1.97. The molecule has 0 atom stereocenters. The number of rotatable bonds is 2. The van der Waals surface area contributed by atoms with Crippen LogP contribution in [0.25, 0.3) is 0 Å². The standard InChI is InChI=1S/C20H16N2O2/c21-19-17-3-1-2-4-18(17)20(22-19,13-5-9-15(23)10-6-13)14-7-11-16(24)12-8-14/h1-12,23-24H,(H2,21,22). The molecule has 4 heteroatoms. The summed E-state index contributed by atoms with van der Waals surface area (Å²) in [4.78, 5) is 4.82. The predicted molar refractivity (Wildman–Crippen MR) is 93.3 cm³/mol. The van der Waals surface area contributed by atoms with Gasteiger partial charge in [0.2, 0.25) is 0 Å². The van der Waals surface area contributed by atoms with Crippen LogP contribution in [0.2, 0.25) is 0 Å². The summed E-state index contributed by atoms with van der Waals surface area (Å²) in [6.45, 7) is 0. The summed E-state index contributed by atoms with van der Waals surface area (Å²) in [6.07, 6.45) is 0. The molecule has 0 bridgehead atoms. The van der Waals surface area contributed by atoms with Gasteiger partial charge in [-0.1, -0.05) is 48.5 Å². The minimum atomic E-state index is -0.790. The number of benzene rings is 3. The van der Waals surface area contributed by atoms with Gasteiger partial charge in [0.25, 0.3) is 0 Å². The predicted octanol–water partition coefficient (Wildman–Crippen LogP) is 3.11. The number of nitrogens with zero attached hydrogens (tertiary/aromatic N) is 1. The summed E-state index contributed by atoms with van der Waals surface area (Å²) in [5.41, 5.74) is 9.11. The maximum atomic E-state index is 9.64. The summed E-state index contributed by atoms with van der Waals surface area (Å²) >= 11 is 0. The Balaban J connectivity index is 2.05. The fourth-order valence-corrected chi connectivity index (χ4v) is 3.34. The number of aromatic hydroxyl groups is 2. The molecule has 4 rings (SSSR count). The van der Waals surface area contributed by atoms with Gasteiger partial charge in [0, 0.05) is 5.56 Å². The molecule has 0 unspecified atom stereocenters. The van der Waals surface area contributed by atoms with E-state index < -0.39 is 5.54 Å². The van der Waals surface area contributed by atoms with Crippen molar-refractivity contribution in [3.63, 3.8) is 0 Å². The van der Waals surface area contributed by atoms with Gasteiger partial charge in [-0.25, -0.2) is 4.99 Å². The highest BCUT2D eigenvalue weighted by Gasteiger charge is 2.42. The molecule has 0 aliphatic carbocycles. The third-order valence-electron chi connectivity index (χ3n) is 4.45. The number of hydrogen-bond donors (Lipinski definition) is 3. The van der Waals surface area contributed by atoms with Crippen LogP contribution in [-0.2, 0) is 5.54 Å². The average Bonchev–Trinajstić information content (AvgIpc) is 2.91. The highest BCUT2D eigenvalue weighted by atomic mass is 16.3. The number of aliphatic imine (C=N–C) groups is 1. The van der Waals surface area contributed by atoms with Crippen molar-refractivity contribution in [1.82, 2.24) is 0 Å².